The van der Waals surface area contributed by atoms with Crippen molar-refractivity contribution in [3.63, 3.8) is 0 Å². The zero-order chi connectivity index (χ0) is 22.1. The molecule has 0 saturated heterocycles. The van der Waals surface area contributed by atoms with Gasteiger partial charge in [0.15, 0.2) is 0 Å². The Labute approximate surface area is 191 Å². The van der Waals surface area contributed by atoms with E-state index in [1.807, 2.05) is 53.5 Å². The topological polar surface area (TPSA) is 49.1 Å². The van der Waals surface area contributed by atoms with E-state index in [0.29, 0.717) is 17.2 Å². The molecule has 7 heteroatoms. The van der Waals surface area contributed by atoms with Gasteiger partial charge in [-0.3, -0.25) is 4.68 Å². The van der Waals surface area contributed by atoms with Gasteiger partial charge in [-0.1, -0.05) is 35.5 Å². The van der Waals surface area contributed by atoms with E-state index in [2.05, 4.69) is 30.4 Å². The van der Waals surface area contributed by atoms with Gasteiger partial charge in [0, 0.05) is 38.1 Å². The molecule has 2 aromatic heterocycles. The van der Waals surface area contributed by atoms with Crippen molar-refractivity contribution in [3.05, 3.63) is 71.1 Å². The van der Waals surface area contributed by atoms with Crippen molar-refractivity contribution in [1.29, 1.82) is 0 Å². The molecule has 0 N–H and O–H groups in total. The van der Waals surface area contributed by atoms with Crippen LogP contribution in [0.4, 0.5) is 0 Å². The maximum atomic E-state index is 12.2. The molecule has 4 rings (SSSR count). The van der Waals surface area contributed by atoms with Crippen molar-refractivity contribution in [2.75, 3.05) is 6.61 Å². The second kappa shape index (κ2) is 8.81. The summed E-state index contributed by atoms with van der Waals surface area (Å²) in [6.45, 7) is 8.46. The SMILES string of the molecule is CCOC(=O)c1cccc(Sc2c(C)n(-c3cnn(C(C)C)c3)c3cc(Cl)ccc23)c1. The van der Waals surface area contributed by atoms with Crippen LogP contribution in [0.3, 0.4) is 0 Å². The zero-order valence-corrected chi connectivity index (χ0v) is 19.5. The fourth-order valence-electron chi connectivity index (χ4n) is 3.57. The van der Waals surface area contributed by atoms with Crippen LogP contribution in [0.25, 0.3) is 16.6 Å². The Morgan fingerprint density at radius 1 is 1.23 bits per heavy atom. The Morgan fingerprint density at radius 2 is 2.03 bits per heavy atom. The second-order valence-corrected chi connectivity index (χ2v) is 9.05. The van der Waals surface area contributed by atoms with Crippen LogP contribution in [0.15, 0.2) is 64.6 Å². The maximum absolute atomic E-state index is 12.2. The molecular weight excluding hydrogens is 430 g/mol. The third kappa shape index (κ3) is 4.23. The molecule has 2 aromatic carbocycles. The van der Waals surface area contributed by atoms with Gasteiger partial charge >= 0.3 is 5.97 Å². The summed E-state index contributed by atoms with van der Waals surface area (Å²) in [6, 6.07) is 13.7. The van der Waals surface area contributed by atoms with E-state index < -0.39 is 0 Å². The number of carbonyl (C=O) groups is 1. The molecule has 0 spiro atoms. The van der Waals surface area contributed by atoms with E-state index in [1.165, 1.54) is 0 Å². The standard InChI is InChI=1S/C24H24ClN3O2S/c1-5-30-24(29)17-7-6-8-20(11-17)31-23-16(4)28(19-13-26-27(14-19)15(2)3)22-12-18(25)9-10-21(22)23/h6-15H,5H2,1-4H3. The number of esters is 1. The van der Waals surface area contributed by atoms with Crippen molar-refractivity contribution in [1.82, 2.24) is 14.3 Å². The number of hydrogen-bond acceptors (Lipinski definition) is 4. The quantitative estimate of drug-likeness (QED) is 0.305. The van der Waals surface area contributed by atoms with Crippen LogP contribution in [0.5, 0.6) is 0 Å². The van der Waals surface area contributed by atoms with Crippen LogP contribution in [0, 0.1) is 6.92 Å². The molecule has 5 nitrogen and oxygen atoms in total. The van der Waals surface area contributed by atoms with Gasteiger partial charge in [0.05, 0.1) is 29.6 Å². The highest BCUT2D eigenvalue weighted by Gasteiger charge is 2.19. The van der Waals surface area contributed by atoms with E-state index in [-0.39, 0.29) is 12.0 Å². The van der Waals surface area contributed by atoms with Crippen molar-refractivity contribution in [3.8, 4) is 5.69 Å². The molecule has 2 heterocycles. The van der Waals surface area contributed by atoms with Gasteiger partial charge in [0.25, 0.3) is 0 Å². The minimum atomic E-state index is -0.308. The summed E-state index contributed by atoms with van der Waals surface area (Å²) in [5.41, 5.74) is 3.66. The Bertz CT molecular complexity index is 1260. The first-order chi connectivity index (χ1) is 14.9. The van der Waals surface area contributed by atoms with Gasteiger partial charge in [-0.15, -0.1) is 0 Å². The predicted molar refractivity (Wildman–Crippen MR) is 126 cm³/mol. The van der Waals surface area contributed by atoms with E-state index in [1.54, 1.807) is 24.8 Å². The highest BCUT2D eigenvalue weighted by atomic mass is 35.5. The number of nitrogens with zero attached hydrogens (tertiary/aromatic N) is 3. The Balaban J connectivity index is 1.81. The summed E-state index contributed by atoms with van der Waals surface area (Å²) >= 11 is 7.98. The Kier molecular flexibility index (Phi) is 6.12. The molecule has 4 aromatic rings. The summed E-state index contributed by atoms with van der Waals surface area (Å²) < 4.78 is 9.28. The molecule has 0 fully saturated rings. The fraction of sp³-hybridized carbons (Fsp3) is 0.250. The summed E-state index contributed by atoms with van der Waals surface area (Å²) in [4.78, 5) is 14.2. The first-order valence-corrected chi connectivity index (χ1v) is 11.4. The Hall–Kier alpha value is -2.70. The van der Waals surface area contributed by atoms with Gasteiger partial charge < -0.3 is 9.30 Å². The minimum absolute atomic E-state index is 0.277. The average molecular weight is 454 g/mol. The highest BCUT2D eigenvalue weighted by Crippen LogP contribution is 2.40. The van der Waals surface area contributed by atoms with Crippen LogP contribution in [-0.4, -0.2) is 26.9 Å². The zero-order valence-electron chi connectivity index (χ0n) is 17.9. The number of ether oxygens (including phenoxy) is 1. The molecule has 160 valence electrons. The molecule has 0 aliphatic carbocycles. The molecule has 0 radical (unpaired) electrons. The van der Waals surface area contributed by atoms with Gasteiger partial charge in [0.1, 0.15) is 0 Å². The predicted octanol–water partition coefficient (Wildman–Crippen LogP) is 6.70. The van der Waals surface area contributed by atoms with Crippen molar-refractivity contribution >= 4 is 40.2 Å². The van der Waals surface area contributed by atoms with Crippen molar-refractivity contribution in [2.24, 2.45) is 0 Å². The van der Waals surface area contributed by atoms with Gasteiger partial charge in [-0.25, -0.2) is 4.79 Å². The van der Waals surface area contributed by atoms with Crippen LogP contribution in [0.2, 0.25) is 5.02 Å². The fourth-order valence-corrected chi connectivity index (χ4v) is 4.82. The molecule has 0 unspecified atom stereocenters. The van der Waals surface area contributed by atoms with E-state index >= 15 is 0 Å². The van der Waals surface area contributed by atoms with Crippen LogP contribution < -0.4 is 0 Å². The third-order valence-electron chi connectivity index (χ3n) is 5.05. The average Bonchev–Trinajstić information content (AvgIpc) is 3.32. The summed E-state index contributed by atoms with van der Waals surface area (Å²) in [5.74, 6) is -0.308. The summed E-state index contributed by atoms with van der Waals surface area (Å²) in [7, 11) is 0. The lowest BCUT2D eigenvalue weighted by Crippen LogP contribution is -2.04. The molecule has 0 aliphatic heterocycles. The molecule has 31 heavy (non-hydrogen) atoms. The first kappa shape index (κ1) is 21.5. The van der Waals surface area contributed by atoms with Crippen LogP contribution in [0.1, 0.15) is 42.9 Å². The third-order valence-corrected chi connectivity index (χ3v) is 6.49. The van der Waals surface area contributed by atoms with Crippen molar-refractivity contribution in [2.45, 2.75) is 43.5 Å². The second-order valence-electron chi connectivity index (χ2n) is 7.53. The van der Waals surface area contributed by atoms with E-state index in [0.717, 1.165) is 32.1 Å². The van der Waals surface area contributed by atoms with Gasteiger partial charge in [-0.05, 0) is 58.0 Å². The van der Waals surface area contributed by atoms with Gasteiger partial charge in [-0.2, -0.15) is 5.10 Å². The number of rotatable bonds is 6. The van der Waals surface area contributed by atoms with Gasteiger partial charge in [0.2, 0.25) is 0 Å². The van der Waals surface area contributed by atoms with E-state index in [9.17, 15) is 4.79 Å². The molecule has 0 amide bonds. The van der Waals surface area contributed by atoms with Crippen molar-refractivity contribution < 1.29 is 9.53 Å². The minimum Gasteiger partial charge on any atom is -0.462 e. The lowest BCUT2D eigenvalue weighted by atomic mass is 10.2. The van der Waals surface area contributed by atoms with Crippen LogP contribution in [-0.2, 0) is 4.74 Å². The monoisotopic (exact) mass is 453 g/mol. The highest BCUT2D eigenvalue weighted by molar-refractivity contribution is 7.99. The summed E-state index contributed by atoms with van der Waals surface area (Å²) in [5, 5.41) is 6.30. The lowest BCUT2D eigenvalue weighted by molar-refractivity contribution is 0.0526. The smallest absolute Gasteiger partial charge is 0.338 e. The summed E-state index contributed by atoms with van der Waals surface area (Å²) in [6.07, 6.45) is 3.93. The molecule has 0 bridgehead atoms. The Morgan fingerprint density at radius 3 is 2.74 bits per heavy atom. The normalized spacial score (nSPS) is 11.4. The lowest BCUT2D eigenvalue weighted by Gasteiger charge is -2.08. The molecular formula is C24H24ClN3O2S. The van der Waals surface area contributed by atoms with E-state index in [4.69, 9.17) is 16.3 Å². The largest absolute Gasteiger partial charge is 0.462 e. The first-order valence-electron chi connectivity index (χ1n) is 10.2. The maximum Gasteiger partial charge on any atom is 0.338 e. The molecule has 0 aliphatic rings. The number of carbonyl (C=O) groups excluding carboxylic acids is 1. The van der Waals surface area contributed by atoms with Crippen LogP contribution >= 0.6 is 23.4 Å². The number of aromatic nitrogens is 3. The number of fused-ring (bicyclic) bond motifs is 1. The molecule has 0 saturated carbocycles. The number of halogens is 1. The molecule has 0 atom stereocenters. The number of hydrogen-bond donors (Lipinski definition) is 0. The number of benzene rings is 2.